The summed E-state index contributed by atoms with van der Waals surface area (Å²) in [7, 11) is 3.88. The van der Waals surface area contributed by atoms with Crippen molar-refractivity contribution in [3.63, 3.8) is 0 Å². The zero-order valence-electron chi connectivity index (χ0n) is 14.3. The summed E-state index contributed by atoms with van der Waals surface area (Å²) in [6.07, 6.45) is 7.17. The fraction of sp³-hybridized carbons (Fsp3) is 0.529. The summed E-state index contributed by atoms with van der Waals surface area (Å²) in [4.78, 5) is 10.8. The standard InChI is InChI=1S/C15H20N4O2.C2H6/c1-18(2)10-17-13-5-7-16-15-12(13)6-8-19(15)14-4-3-11(9-20)21-14;1-2/h5-8,10-11,14,20H,3-4,9H2,1-2H3;1-2H3. The third-order valence-corrected chi connectivity index (χ3v) is 3.62. The lowest BCUT2D eigenvalue weighted by atomic mass is 10.2. The van der Waals surface area contributed by atoms with E-state index < -0.39 is 0 Å². The molecule has 0 radical (unpaired) electrons. The van der Waals surface area contributed by atoms with Gasteiger partial charge in [0.25, 0.3) is 0 Å². The predicted molar refractivity (Wildman–Crippen MR) is 93.1 cm³/mol. The minimum absolute atomic E-state index is 0.0553. The maximum Gasteiger partial charge on any atom is 0.144 e. The van der Waals surface area contributed by atoms with Crippen molar-refractivity contribution in [2.24, 2.45) is 4.99 Å². The van der Waals surface area contributed by atoms with Gasteiger partial charge in [-0.3, -0.25) is 0 Å². The first-order valence-electron chi connectivity index (χ1n) is 8.11. The average molecular weight is 318 g/mol. The molecule has 2 aromatic rings. The molecule has 23 heavy (non-hydrogen) atoms. The van der Waals surface area contributed by atoms with Crippen LogP contribution in [0.25, 0.3) is 11.0 Å². The summed E-state index contributed by atoms with van der Waals surface area (Å²) in [5.74, 6) is 0. The molecule has 0 aliphatic carbocycles. The minimum atomic E-state index is -0.0672. The van der Waals surface area contributed by atoms with Crippen LogP contribution in [0.2, 0.25) is 0 Å². The fourth-order valence-electron chi connectivity index (χ4n) is 2.59. The molecule has 2 unspecified atom stereocenters. The quantitative estimate of drug-likeness (QED) is 0.695. The number of nitrogens with zero attached hydrogens (tertiary/aromatic N) is 4. The van der Waals surface area contributed by atoms with E-state index in [0.717, 1.165) is 29.6 Å². The van der Waals surface area contributed by atoms with E-state index in [1.54, 1.807) is 12.5 Å². The van der Waals surface area contributed by atoms with Gasteiger partial charge < -0.3 is 19.3 Å². The van der Waals surface area contributed by atoms with E-state index in [9.17, 15) is 5.11 Å². The van der Waals surface area contributed by atoms with Gasteiger partial charge in [0.1, 0.15) is 11.9 Å². The van der Waals surface area contributed by atoms with Gasteiger partial charge in [0, 0.05) is 31.9 Å². The van der Waals surface area contributed by atoms with Crippen molar-refractivity contribution >= 4 is 23.1 Å². The van der Waals surface area contributed by atoms with Gasteiger partial charge in [-0.1, -0.05) is 13.8 Å². The van der Waals surface area contributed by atoms with Crippen LogP contribution in [0.1, 0.15) is 32.9 Å². The van der Waals surface area contributed by atoms with Crippen molar-refractivity contribution in [3.8, 4) is 0 Å². The summed E-state index contributed by atoms with van der Waals surface area (Å²) in [6.45, 7) is 4.07. The lowest BCUT2D eigenvalue weighted by Crippen LogP contribution is -2.14. The smallest absolute Gasteiger partial charge is 0.144 e. The Hall–Kier alpha value is -1.92. The number of hydrogen-bond acceptors (Lipinski definition) is 4. The molecule has 126 valence electrons. The van der Waals surface area contributed by atoms with Crippen molar-refractivity contribution in [1.29, 1.82) is 0 Å². The summed E-state index contributed by atoms with van der Waals surface area (Å²) in [6, 6.07) is 3.92. The van der Waals surface area contributed by atoms with E-state index in [-0.39, 0.29) is 18.9 Å². The van der Waals surface area contributed by atoms with Gasteiger partial charge in [0.15, 0.2) is 0 Å². The van der Waals surface area contributed by atoms with Crippen molar-refractivity contribution in [2.75, 3.05) is 20.7 Å². The maximum absolute atomic E-state index is 9.19. The highest BCUT2D eigenvalue weighted by atomic mass is 16.5. The second kappa shape index (κ2) is 8.08. The molecule has 3 heterocycles. The lowest BCUT2D eigenvalue weighted by molar-refractivity contribution is -0.0204. The molecule has 1 aliphatic heterocycles. The number of ether oxygens (including phenoxy) is 1. The summed E-state index contributed by atoms with van der Waals surface area (Å²) in [5.41, 5.74) is 1.76. The van der Waals surface area contributed by atoms with Crippen molar-refractivity contribution in [3.05, 3.63) is 24.5 Å². The van der Waals surface area contributed by atoms with E-state index in [0.29, 0.717) is 0 Å². The van der Waals surface area contributed by atoms with Gasteiger partial charge in [-0.05, 0) is 25.0 Å². The molecular formula is C17H26N4O2. The zero-order chi connectivity index (χ0) is 16.8. The molecule has 0 spiro atoms. The molecule has 3 rings (SSSR count). The Kier molecular flexibility index (Phi) is 6.12. The number of aliphatic imine (C=N–C) groups is 1. The summed E-state index contributed by atoms with van der Waals surface area (Å²) < 4.78 is 7.85. The Balaban J connectivity index is 0.000000924. The van der Waals surface area contributed by atoms with Crippen molar-refractivity contribution in [2.45, 2.75) is 39.0 Å². The van der Waals surface area contributed by atoms with E-state index in [1.807, 2.05) is 55.7 Å². The van der Waals surface area contributed by atoms with Gasteiger partial charge in [0.2, 0.25) is 0 Å². The minimum Gasteiger partial charge on any atom is -0.394 e. The van der Waals surface area contributed by atoms with Gasteiger partial charge in [-0.2, -0.15) is 0 Å². The number of aromatic nitrogens is 2. The second-order valence-corrected chi connectivity index (χ2v) is 5.47. The van der Waals surface area contributed by atoms with Crippen LogP contribution in [0.5, 0.6) is 0 Å². The van der Waals surface area contributed by atoms with Crippen LogP contribution in [0.15, 0.2) is 29.5 Å². The SMILES string of the molecule is CC.CN(C)C=Nc1ccnc2c1ccn2C1CCC(CO)O1. The third-order valence-electron chi connectivity index (χ3n) is 3.62. The van der Waals surface area contributed by atoms with E-state index in [1.165, 1.54) is 0 Å². The number of aliphatic hydroxyl groups excluding tert-OH is 1. The topological polar surface area (TPSA) is 62.9 Å². The predicted octanol–water partition coefficient (Wildman–Crippen LogP) is 2.95. The van der Waals surface area contributed by atoms with Crippen LogP contribution in [0.4, 0.5) is 5.69 Å². The molecule has 2 atom stereocenters. The highest BCUT2D eigenvalue weighted by Crippen LogP contribution is 2.33. The summed E-state index contributed by atoms with van der Waals surface area (Å²) in [5, 5.41) is 10.2. The van der Waals surface area contributed by atoms with Crippen molar-refractivity contribution in [1.82, 2.24) is 14.5 Å². The van der Waals surface area contributed by atoms with Gasteiger partial charge in [0.05, 0.1) is 24.7 Å². The molecule has 1 N–H and O–H groups in total. The Labute approximate surface area is 137 Å². The Morgan fingerprint density at radius 3 is 2.83 bits per heavy atom. The number of aliphatic hydroxyl groups is 1. The first kappa shape index (κ1) is 17.4. The fourth-order valence-corrected chi connectivity index (χ4v) is 2.59. The molecule has 2 aromatic heterocycles. The van der Waals surface area contributed by atoms with Gasteiger partial charge >= 0.3 is 0 Å². The van der Waals surface area contributed by atoms with Crippen LogP contribution in [-0.4, -0.2) is 52.7 Å². The number of fused-ring (bicyclic) bond motifs is 1. The molecule has 0 aromatic carbocycles. The van der Waals surface area contributed by atoms with Crippen LogP contribution >= 0.6 is 0 Å². The largest absolute Gasteiger partial charge is 0.394 e. The summed E-state index contributed by atoms with van der Waals surface area (Å²) >= 11 is 0. The molecule has 1 aliphatic rings. The number of hydrogen-bond donors (Lipinski definition) is 1. The Bertz CT molecular complexity index is 651. The van der Waals surface area contributed by atoms with Crippen LogP contribution in [-0.2, 0) is 4.74 Å². The molecule has 1 saturated heterocycles. The Morgan fingerprint density at radius 2 is 2.17 bits per heavy atom. The molecular weight excluding hydrogens is 292 g/mol. The molecule has 6 heteroatoms. The van der Waals surface area contributed by atoms with Crippen LogP contribution in [0, 0.1) is 0 Å². The van der Waals surface area contributed by atoms with E-state index >= 15 is 0 Å². The first-order valence-corrected chi connectivity index (χ1v) is 8.11. The van der Waals surface area contributed by atoms with E-state index in [4.69, 9.17) is 4.74 Å². The molecule has 0 saturated carbocycles. The van der Waals surface area contributed by atoms with Crippen LogP contribution < -0.4 is 0 Å². The molecule has 0 amide bonds. The molecule has 0 bridgehead atoms. The highest BCUT2D eigenvalue weighted by Gasteiger charge is 2.27. The number of pyridine rings is 1. The van der Waals surface area contributed by atoms with Crippen LogP contribution in [0.3, 0.4) is 0 Å². The highest BCUT2D eigenvalue weighted by molar-refractivity contribution is 5.89. The van der Waals surface area contributed by atoms with E-state index in [2.05, 4.69) is 9.98 Å². The average Bonchev–Trinajstić information content (AvgIpc) is 3.21. The van der Waals surface area contributed by atoms with Crippen molar-refractivity contribution < 1.29 is 9.84 Å². The monoisotopic (exact) mass is 318 g/mol. The van der Waals surface area contributed by atoms with Gasteiger partial charge in [-0.25, -0.2) is 9.98 Å². The lowest BCUT2D eigenvalue weighted by Gasteiger charge is -2.14. The second-order valence-electron chi connectivity index (χ2n) is 5.47. The number of rotatable bonds is 4. The third kappa shape index (κ3) is 3.89. The Morgan fingerprint density at radius 1 is 1.39 bits per heavy atom. The zero-order valence-corrected chi connectivity index (χ0v) is 14.3. The first-order chi connectivity index (χ1) is 11.2. The normalized spacial score (nSPS) is 20.7. The molecule has 6 nitrogen and oxygen atoms in total. The molecule has 1 fully saturated rings. The van der Waals surface area contributed by atoms with Gasteiger partial charge in [-0.15, -0.1) is 0 Å². The maximum atomic E-state index is 9.19.